The van der Waals surface area contributed by atoms with Gasteiger partial charge in [0, 0.05) is 19.1 Å². The molecule has 0 spiro atoms. The zero-order valence-electron chi connectivity index (χ0n) is 10.1. The van der Waals surface area contributed by atoms with Crippen molar-refractivity contribution < 1.29 is 9.59 Å². The summed E-state index contributed by atoms with van der Waals surface area (Å²) in [5, 5.41) is 3.96. The molecule has 1 N–H and O–H groups in total. The maximum absolute atomic E-state index is 12.0. The fraction of sp³-hybridized carbons (Fsp3) is 0.385. The van der Waals surface area contributed by atoms with E-state index in [4.69, 9.17) is 23.2 Å². The van der Waals surface area contributed by atoms with Crippen molar-refractivity contribution in [2.45, 2.75) is 18.9 Å². The number of carbonyl (C=O) groups is 2. The summed E-state index contributed by atoms with van der Waals surface area (Å²) in [6.07, 6.45) is 2.35. The molecule has 1 amide bonds. The Morgan fingerprint density at radius 3 is 2.58 bits per heavy atom. The third kappa shape index (κ3) is 2.24. The Bertz CT molecular complexity index is 570. The van der Waals surface area contributed by atoms with Crippen molar-refractivity contribution in [3.8, 4) is 0 Å². The highest BCUT2D eigenvalue weighted by molar-refractivity contribution is 6.56. The second kappa shape index (κ2) is 4.78. The van der Waals surface area contributed by atoms with Crippen LogP contribution >= 0.6 is 23.2 Å². The summed E-state index contributed by atoms with van der Waals surface area (Å²) in [5.74, 6) is -1.13. The van der Waals surface area contributed by atoms with Crippen molar-refractivity contribution in [2.24, 2.45) is 0 Å². The van der Waals surface area contributed by atoms with E-state index < -0.39 is 11.7 Å². The molecule has 19 heavy (non-hydrogen) atoms. The highest BCUT2D eigenvalue weighted by Gasteiger charge is 2.39. The maximum atomic E-state index is 12.0. The Labute approximate surface area is 120 Å². The first kappa shape index (κ1) is 12.9. The summed E-state index contributed by atoms with van der Waals surface area (Å²) < 4.78 is 0. The van der Waals surface area contributed by atoms with Crippen molar-refractivity contribution in [1.29, 1.82) is 0 Å². The van der Waals surface area contributed by atoms with Gasteiger partial charge in [-0.2, -0.15) is 0 Å². The lowest BCUT2D eigenvalue weighted by atomic mass is 10.1. The van der Waals surface area contributed by atoms with Gasteiger partial charge in [-0.25, -0.2) is 0 Å². The van der Waals surface area contributed by atoms with Crippen LogP contribution in [0.5, 0.6) is 0 Å². The number of amides is 1. The van der Waals surface area contributed by atoms with Crippen molar-refractivity contribution >= 4 is 40.6 Å². The first-order valence-electron chi connectivity index (χ1n) is 6.17. The average Bonchev–Trinajstić information content (AvgIpc) is 3.16. The lowest BCUT2D eigenvalue weighted by Crippen LogP contribution is -2.36. The molecule has 1 aromatic rings. The molecule has 1 heterocycles. The Hall–Kier alpha value is -1.10. The summed E-state index contributed by atoms with van der Waals surface area (Å²) >= 11 is 12.1. The maximum Gasteiger partial charge on any atom is 0.299 e. The Morgan fingerprint density at radius 2 is 1.89 bits per heavy atom. The zero-order chi connectivity index (χ0) is 13.6. The quantitative estimate of drug-likeness (QED) is 0.868. The number of nitrogens with one attached hydrogen (secondary N) is 1. The summed E-state index contributed by atoms with van der Waals surface area (Å²) in [7, 11) is 0. The van der Waals surface area contributed by atoms with E-state index in [1.54, 1.807) is 12.1 Å². The molecule has 0 saturated heterocycles. The molecular weight excluding hydrogens is 287 g/mol. The molecule has 6 heteroatoms. The molecule has 0 unspecified atom stereocenters. The summed E-state index contributed by atoms with van der Waals surface area (Å²) in [6, 6.07) is 3.71. The highest BCUT2D eigenvalue weighted by atomic mass is 35.5. The number of nitrogens with zero attached hydrogens (tertiary/aromatic N) is 1. The summed E-state index contributed by atoms with van der Waals surface area (Å²) in [4.78, 5) is 25.3. The first-order chi connectivity index (χ1) is 9.09. The van der Waals surface area contributed by atoms with Crippen LogP contribution < -0.4 is 10.2 Å². The molecule has 1 fully saturated rings. The number of anilines is 1. The number of hydrogen-bond donors (Lipinski definition) is 1. The van der Waals surface area contributed by atoms with Gasteiger partial charge < -0.3 is 10.2 Å². The number of Topliss-reactive ketones (excluding diaryl/α,β-unsaturated/α-hetero) is 1. The fourth-order valence-corrected chi connectivity index (χ4v) is 2.73. The van der Waals surface area contributed by atoms with Gasteiger partial charge in [0.25, 0.3) is 11.7 Å². The second-order valence-electron chi connectivity index (χ2n) is 4.77. The summed E-state index contributed by atoms with van der Waals surface area (Å²) in [6.45, 7) is 1.07. The van der Waals surface area contributed by atoms with Gasteiger partial charge in [0.15, 0.2) is 0 Å². The van der Waals surface area contributed by atoms with E-state index in [9.17, 15) is 9.59 Å². The average molecular weight is 299 g/mol. The molecule has 0 radical (unpaired) electrons. The first-order valence-corrected chi connectivity index (χ1v) is 6.92. The lowest BCUT2D eigenvalue weighted by molar-refractivity contribution is -0.114. The zero-order valence-corrected chi connectivity index (χ0v) is 11.6. The van der Waals surface area contributed by atoms with Gasteiger partial charge in [-0.05, 0) is 25.0 Å². The van der Waals surface area contributed by atoms with Crippen molar-refractivity contribution in [1.82, 2.24) is 5.32 Å². The van der Waals surface area contributed by atoms with Gasteiger partial charge >= 0.3 is 0 Å². The molecule has 1 saturated carbocycles. The second-order valence-corrected chi connectivity index (χ2v) is 5.58. The van der Waals surface area contributed by atoms with Gasteiger partial charge in [0.1, 0.15) is 0 Å². The molecule has 1 aromatic carbocycles. The minimum atomic E-state index is -0.575. The predicted molar refractivity (Wildman–Crippen MR) is 74.2 cm³/mol. The SMILES string of the molecule is O=C1C(=O)N(CCNC2CC2)c2c(Cl)ccc(Cl)c21. The highest BCUT2D eigenvalue weighted by Crippen LogP contribution is 2.39. The number of rotatable bonds is 4. The van der Waals surface area contributed by atoms with Crippen LogP contribution in [0.4, 0.5) is 5.69 Å². The number of hydrogen-bond acceptors (Lipinski definition) is 3. The normalized spacial score (nSPS) is 18.1. The van der Waals surface area contributed by atoms with E-state index in [0.717, 1.165) is 0 Å². The Kier molecular flexibility index (Phi) is 3.25. The van der Waals surface area contributed by atoms with Crippen molar-refractivity contribution in [3.05, 3.63) is 27.7 Å². The topological polar surface area (TPSA) is 49.4 Å². The molecular formula is C13H12Cl2N2O2. The standard InChI is InChI=1S/C13H12Cl2N2O2/c14-8-3-4-9(15)11-10(8)12(18)13(19)17(11)6-5-16-7-1-2-7/h3-4,7,16H,1-2,5-6H2. The minimum Gasteiger partial charge on any atom is -0.312 e. The van der Waals surface area contributed by atoms with Crippen LogP contribution in [0.3, 0.4) is 0 Å². The smallest absolute Gasteiger partial charge is 0.299 e. The number of benzene rings is 1. The molecule has 0 bridgehead atoms. The minimum absolute atomic E-state index is 0.227. The van der Waals surface area contributed by atoms with E-state index in [0.29, 0.717) is 29.8 Å². The van der Waals surface area contributed by atoms with E-state index >= 15 is 0 Å². The van der Waals surface area contributed by atoms with Gasteiger partial charge in [0.2, 0.25) is 0 Å². The van der Waals surface area contributed by atoms with Crippen LogP contribution in [0, 0.1) is 0 Å². The van der Waals surface area contributed by atoms with Crippen LogP contribution in [0.15, 0.2) is 12.1 Å². The fourth-order valence-electron chi connectivity index (χ4n) is 2.23. The molecule has 1 aliphatic heterocycles. The van der Waals surface area contributed by atoms with E-state index in [-0.39, 0.29) is 10.6 Å². The largest absolute Gasteiger partial charge is 0.312 e. The molecule has 4 nitrogen and oxygen atoms in total. The number of ketones is 1. The van der Waals surface area contributed by atoms with Crippen molar-refractivity contribution in [2.75, 3.05) is 18.0 Å². The Morgan fingerprint density at radius 1 is 1.21 bits per heavy atom. The van der Waals surface area contributed by atoms with Crippen molar-refractivity contribution in [3.63, 3.8) is 0 Å². The predicted octanol–water partition coefficient (Wildman–Crippen LogP) is 2.27. The van der Waals surface area contributed by atoms with E-state index in [1.165, 1.54) is 17.7 Å². The number of halogens is 2. The van der Waals surface area contributed by atoms with E-state index in [1.807, 2.05) is 0 Å². The van der Waals surface area contributed by atoms with Gasteiger partial charge in [-0.3, -0.25) is 9.59 Å². The molecule has 100 valence electrons. The van der Waals surface area contributed by atoms with Gasteiger partial charge in [-0.15, -0.1) is 0 Å². The van der Waals surface area contributed by atoms with Gasteiger partial charge in [-0.1, -0.05) is 23.2 Å². The molecule has 0 atom stereocenters. The van der Waals surface area contributed by atoms with Crippen LogP contribution in [-0.4, -0.2) is 30.8 Å². The third-order valence-electron chi connectivity index (χ3n) is 3.36. The van der Waals surface area contributed by atoms with Gasteiger partial charge in [0.05, 0.1) is 21.3 Å². The van der Waals surface area contributed by atoms with E-state index in [2.05, 4.69) is 5.32 Å². The number of carbonyl (C=O) groups excluding carboxylic acids is 2. The molecule has 3 rings (SSSR count). The van der Waals surface area contributed by atoms with Crippen LogP contribution in [0.1, 0.15) is 23.2 Å². The van der Waals surface area contributed by atoms with Crippen LogP contribution in [0.2, 0.25) is 10.0 Å². The third-order valence-corrected chi connectivity index (χ3v) is 3.98. The number of fused-ring (bicyclic) bond motifs is 1. The lowest BCUT2D eigenvalue weighted by Gasteiger charge is -2.18. The van der Waals surface area contributed by atoms with Crippen LogP contribution in [0.25, 0.3) is 0 Å². The molecule has 2 aliphatic rings. The van der Waals surface area contributed by atoms with Crippen LogP contribution in [-0.2, 0) is 4.79 Å². The molecule has 1 aliphatic carbocycles. The molecule has 0 aromatic heterocycles. The Balaban J connectivity index is 1.87. The summed E-state index contributed by atoms with van der Waals surface area (Å²) in [5.41, 5.74) is 0.673. The monoisotopic (exact) mass is 298 g/mol.